The maximum atomic E-state index is 4.21. The number of anilines is 1. The van der Waals surface area contributed by atoms with Gasteiger partial charge in [-0.3, -0.25) is 0 Å². The molecule has 0 aromatic carbocycles. The quantitative estimate of drug-likeness (QED) is 0.796. The summed E-state index contributed by atoms with van der Waals surface area (Å²) in [6, 6.07) is 2.67. The Bertz CT molecular complexity index is 305. The molecule has 0 amide bonds. The maximum absolute atomic E-state index is 4.21. The van der Waals surface area contributed by atoms with E-state index in [1.165, 1.54) is 12.8 Å². The average Bonchev–Trinajstić information content (AvgIpc) is 2.16. The number of hydrogen-bond donors (Lipinski definition) is 1. The Hall–Kier alpha value is -1.12. The summed E-state index contributed by atoms with van der Waals surface area (Å²) in [7, 11) is 0. The molecule has 0 bridgehead atoms. The van der Waals surface area contributed by atoms with E-state index >= 15 is 0 Å². The van der Waals surface area contributed by atoms with Gasteiger partial charge in [-0.05, 0) is 25.2 Å². The Kier molecular flexibility index (Phi) is 2.66. The van der Waals surface area contributed by atoms with Gasteiger partial charge in [-0.1, -0.05) is 13.8 Å². The van der Waals surface area contributed by atoms with E-state index in [4.69, 9.17) is 0 Å². The summed E-state index contributed by atoms with van der Waals surface area (Å²) in [6.45, 7) is 4.40. The van der Waals surface area contributed by atoms with Gasteiger partial charge in [-0.2, -0.15) is 0 Å². The third kappa shape index (κ3) is 2.03. The fourth-order valence-corrected chi connectivity index (χ4v) is 1.90. The van der Waals surface area contributed by atoms with Gasteiger partial charge in [-0.15, -0.1) is 0 Å². The van der Waals surface area contributed by atoms with Gasteiger partial charge in [0.1, 0.15) is 12.1 Å². The molecule has 1 saturated carbocycles. The van der Waals surface area contributed by atoms with Crippen LogP contribution in [0.4, 0.5) is 5.82 Å². The molecule has 76 valence electrons. The zero-order chi connectivity index (χ0) is 9.97. The summed E-state index contributed by atoms with van der Waals surface area (Å²) in [4.78, 5) is 8.38. The predicted molar refractivity (Wildman–Crippen MR) is 57.2 cm³/mol. The Labute approximate surface area is 85.0 Å². The molecule has 1 aromatic heterocycles. The summed E-state index contributed by atoms with van der Waals surface area (Å²) in [5.74, 6) is 1.86. The molecule has 2 rings (SSSR count). The summed E-state index contributed by atoms with van der Waals surface area (Å²) in [5.41, 5.74) is 1.11. The molecule has 1 aliphatic rings. The molecule has 1 heterocycles. The number of rotatable bonds is 3. The molecular weight excluding hydrogens is 174 g/mol. The van der Waals surface area contributed by atoms with Crippen molar-refractivity contribution < 1.29 is 0 Å². The first kappa shape index (κ1) is 9.44. The molecule has 0 aliphatic heterocycles. The minimum Gasteiger partial charge on any atom is -0.367 e. The van der Waals surface area contributed by atoms with Crippen molar-refractivity contribution >= 4 is 5.82 Å². The van der Waals surface area contributed by atoms with Crippen molar-refractivity contribution in [1.29, 1.82) is 0 Å². The Balaban J connectivity index is 1.95. The minimum atomic E-state index is 0.629. The van der Waals surface area contributed by atoms with Crippen molar-refractivity contribution in [1.82, 2.24) is 9.97 Å². The second kappa shape index (κ2) is 3.95. The first-order valence-corrected chi connectivity index (χ1v) is 5.35. The Morgan fingerprint density at radius 1 is 1.43 bits per heavy atom. The molecule has 0 spiro atoms. The zero-order valence-electron chi connectivity index (χ0n) is 8.83. The predicted octanol–water partition coefficient (Wildman–Crippen LogP) is 2.25. The molecular formula is C11H17N3. The van der Waals surface area contributed by atoms with Crippen LogP contribution in [-0.2, 0) is 6.42 Å². The molecule has 3 nitrogen and oxygen atoms in total. The van der Waals surface area contributed by atoms with Gasteiger partial charge >= 0.3 is 0 Å². The van der Waals surface area contributed by atoms with E-state index in [0.29, 0.717) is 6.04 Å². The van der Waals surface area contributed by atoms with Crippen LogP contribution in [-0.4, -0.2) is 16.0 Å². The smallest absolute Gasteiger partial charge is 0.129 e. The Morgan fingerprint density at radius 2 is 2.21 bits per heavy atom. The van der Waals surface area contributed by atoms with Gasteiger partial charge < -0.3 is 5.32 Å². The van der Waals surface area contributed by atoms with Gasteiger partial charge in [0.05, 0.1) is 0 Å². The third-order valence-electron chi connectivity index (χ3n) is 2.81. The van der Waals surface area contributed by atoms with E-state index in [1.54, 1.807) is 6.33 Å². The molecule has 0 unspecified atom stereocenters. The number of nitrogens with one attached hydrogen (secondary N) is 1. The highest BCUT2D eigenvalue weighted by Gasteiger charge is 2.25. The highest BCUT2D eigenvalue weighted by Crippen LogP contribution is 2.28. The molecule has 0 radical (unpaired) electrons. The summed E-state index contributed by atoms with van der Waals surface area (Å²) in [5, 5.41) is 3.43. The van der Waals surface area contributed by atoms with Crippen LogP contribution in [0.3, 0.4) is 0 Å². The highest BCUT2D eigenvalue weighted by atomic mass is 15.0. The molecule has 0 atom stereocenters. The van der Waals surface area contributed by atoms with Crippen molar-refractivity contribution in [2.75, 3.05) is 5.32 Å². The fourth-order valence-electron chi connectivity index (χ4n) is 1.90. The van der Waals surface area contributed by atoms with Gasteiger partial charge in [0.25, 0.3) is 0 Å². The van der Waals surface area contributed by atoms with E-state index in [1.807, 2.05) is 6.07 Å². The minimum absolute atomic E-state index is 0.629. The Morgan fingerprint density at radius 3 is 2.86 bits per heavy atom. The molecule has 1 aromatic rings. The first-order chi connectivity index (χ1) is 6.78. The lowest BCUT2D eigenvalue weighted by atomic mass is 9.82. The number of hydrogen-bond acceptors (Lipinski definition) is 3. The molecule has 14 heavy (non-hydrogen) atoms. The first-order valence-electron chi connectivity index (χ1n) is 5.35. The third-order valence-corrected chi connectivity index (χ3v) is 2.81. The van der Waals surface area contributed by atoms with E-state index in [2.05, 4.69) is 29.1 Å². The summed E-state index contributed by atoms with van der Waals surface area (Å²) in [6.07, 6.45) is 5.15. The standard InChI is InChI=1S/C11H17N3/c1-3-9-6-11(13-7-12-9)14-10-4-8(2)5-10/h6-8,10H,3-5H2,1-2H3,(H,12,13,14). The highest BCUT2D eigenvalue weighted by molar-refractivity contribution is 5.36. The van der Waals surface area contributed by atoms with E-state index in [-0.39, 0.29) is 0 Å². The van der Waals surface area contributed by atoms with Gasteiger partial charge in [-0.25, -0.2) is 9.97 Å². The monoisotopic (exact) mass is 191 g/mol. The molecule has 3 heteroatoms. The van der Waals surface area contributed by atoms with Gasteiger partial charge in [0.15, 0.2) is 0 Å². The number of aryl methyl sites for hydroxylation is 1. The van der Waals surface area contributed by atoms with E-state index in [0.717, 1.165) is 23.9 Å². The lowest BCUT2D eigenvalue weighted by molar-refractivity contribution is 0.308. The van der Waals surface area contributed by atoms with Crippen LogP contribution >= 0.6 is 0 Å². The van der Waals surface area contributed by atoms with E-state index < -0.39 is 0 Å². The maximum Gasteiger partial charge on any atom is 0.129 e. The van der Waals surface area contributed by atoms with Crippen molar-refractivity contribution in [2.24, 2.45) is 5.92 Å². The zero-order valence-corrected chi connectivity index (χ0v) is 8.83. The van der Waals surface area contributed by atoms with Gasteiger partial charge in [0, 0.05) is 17.8 Å². The van der Waals surface area contributed by atoms with Crippen LogP contribution in [0.25, 0.3) is 0 Å². The van der Waals surface area contributed by atoms with Crippen molar-refractivity contribution in [2.45, 2.75) is 39.2 Å². The lowest BCUT2D eigenvalue weighted by Gasteiger charge is -2.33. The van der Waals surface area contributed by atoms with Crippen LogP contribution in [0.5, 0.6) is 0 Å². The van der Waals surface area contributed by atoms with Gasteiger partial charge in [0.2, 0.25) is 0 Å². The SMILES string of the molecule is CCc1cc(NC2CC(C)C2)ncn1. The second-order valence-electron chi connectivity index (χ2n) is 4.17. The van der Waals surface area contributed by atoms with Crippen molar-refractivity contribution in [3.63, 3.8) is 0 Å². The second-order valence-corrected chi connectivity index (χ2v) is 4.17. The van der Waals surface area contributed by atoms with Crippen molar-refractivity contribution in [3.8, 4) is 0 Å². The molecule has 1 N–H and O–H groups in total. The van der Waals surface area contributed by atoms with Crippen LogP contribution in [0, 0.1) is 5.92 Å². The van der Waals surface area contributed by atoms with Crippen LogP contribution in [0.2, 0.25) is 0 Å². The van der Waals surface area contributed by atoms with Crippen LogP contribution in [0.1, 0.15) is 32.4 Å². The van der Waals surface area contributed by atoms with Crippen LogP contribution in [0.15, 0.2) is 12.4 Å². The summed E-state index contributed by atoms with van der Waals surface area (Å²) >= 11 is 0. The van der Waals surface area contributed by atoms with Crippen LogP contribution < -0.4 is 5.32 Å². The largest absolute Gasteiger partial charge is 0.367 e. The molecule has 1 aliphatic carbocycles. The van der Waals surface area contributed by atoms with E-state index in [9.17, 15) is 0 Å². The topological polar surface area (TPSA) is 37.8 Å². The average molecular weight is 191 g/mol. The fraction of sp³-hybridized carbons (Fsp3) is 0.636. The number of aromatic nitrogens is 2. The lowest BCUT2D eigenvalue weighted by Crippen LogP contribution is -2.34. The van der Waals surface area contributed by atoms with Crippen molar-refractivity contribution in [3.05, 3.63) is 18.1 Å². The summed E-state index contributed by atoms with van der Waals surface area (Å²) < 4.78 is 0. The normalized spacial score (nSPS) is 25.6. The molecule has 0 saturated heterocycles. The molecule has 1 fully saturated rings. The number of nitrogens with zero attached hydrogens (tertiary/aromatic N) is 2.